The summed E-state index contributed by atoms with van der Waals surface area (Å²) in [5.41, 5.74) is 0.421. The topological polar surface area (TPSA) is 76.9 Å². The highest BCUT2D eigenvalue weighted by Crippen LogP contribution is 2.20. The van der Waals surface area contributed by atoms with Crippen LogP contribution in [0.3, 0.4) is 0 Å². The predicted octanol–water partition coefficient (Wildman–Crippen LogP) is 2.44. The molecule has 3 rings (SSSR count). The van der Waals surface area contributed by atoms with Crippen LogP contribution in [-0.2, 0) is 10.0 Å². The average Bonchev–Trinajstić information content (AvgIpc) is 3.10. The quantitative estimate of drug-likeness (QED) is 0.801. The number of sulfonamides is 1. The van der Waals surface area contributed by atoms with Crippen LogP contribution in [0.4, 0.5) is 5.69 Å². The van der Waals surface area contributed by atoms with Crippen LogP contribution in [0.5, 0.6) is 0 Å². The molecule has 0 spiro atoms. The van der Waals surface area contributed by atoms with Gasteiger partial charge in [-0.2, -0.15) is 0 Å². The summed E-state index contributed by atoms with van der Waals surface area (Å²) in [5, 5.41) is 1.72. The summed E-state index contributed by atoms with van der Waals surface area (Å²) in [4.78, 5) is 8.37. The van der Waals surface area contributed by atoms with Crippen molar-refractivity contribution in [3.8, 4) is 5.82 Å². The Labute approximate surface area is 126 Å². The summed E-state index contributed by atoms with van der Waals surface area (Å²) in [5.74, 6) is 1.50. The summed E-state index contributed by atoms with van der Waals surface area (Å²) in [7, 11) is -3.54. The Balaban J connectivity index is 1.84. The van der Waals surface area contributed by atoms with Crippen LogP contribution in [0.2, 0.25) is 0 Å². The molecule has 0 unspecified atom stereocenters. The first kappa shape index (κ1) is 13.8. The lowest BCUT2D eigenvalue weighted by atomic mass is 10.4. The van der Waals surface area contributed by atoms with E-state index in [0.717, 1.165) is 5.82 Å². The van der Waals surface area contributed by atoms with Crippen LogP contribution in [-0.4, -0.2) is 23.0 Å². The Bertz CT molecular complexity index is 837. The number of thiophene rings is 1. The number of nitrogens with one attached hydrogen (secondary N) is 1. The fourth-order valence-electron chi connectivity index (χ4n) is 1.83. The predicted molar refractivity (Wildman–Crippen MR) is 81.2 cm³/mol. The minimum absolute atomic E-state index is 0.275. The second-order valence-electron chi connectivity index (χ2n) is 4.29. The molecule has 0 radical (unpaired) electrons. The molecule has 0 bridgehead atoms. The minimum Gasteiger partial charge on any atom is -0.288 e. The van der Waals surface area contributed by atoms with Crippen molar-refractivity contribution in [2.75, 3.05) is 4.72 Å². The van der Waals surface area contributed by atoms with E-state index in [1.54, 1.807) is 42.0 Å². The average molecular weight is 320 g/mol. The number of aryl methyl sites for hydroxylation is 1. The number of pyridine rings is 1. The van der Waals surface area contributed by atoms with Crippen LogP contribution in [0.1, 0.15) is 5.82 Å². The maximum Gasteiger partial charge on any atom is 0.271 e. The Morgan fingerprint density at radius 3 is 2.67 bits per heavy atom. The molecular weight excluding hydrogens is 308 g/mol. The normalized spacial score (nSPS) is 11.5. The molecule has 8 heteroatoms. The van der Waals surface area contributed by atoms with Gasteiger partial charge in [-0.1, -0.05) is 6.07 Å². The lowest BCUT2D eigenvalue weighted by Gasteiger charge is -2.08. The molecule has 0 atom stereocenters. The fraction of sp³-hybridized carbons (Fsp3) is 0.0769. The summed E-state index contributed by atoms with van der Waals surface area (Å²) >= 11 is 1.17. The second-order valence-corrected chi connectivity index (χ2v) is 7.14. The van der Waals surface area contributed by atoms with Crippen molar-refractivity contribution < 1.29 is 8.42 Å². The largest absolute Gasteiger partial charge is 0.288 e. The zero-order valence-corrected chi connectivity index (χ0v) is 12.7. The van der Waals surface area contributed by atoms with E-state index >= 15 is 0 Å². The monoisotopic (exact) mass is 320 g/mol. The first-order valence-electron chi connectivity index (χ1n) is 6.09. The van der Waals surface area contributed by atoms with Gasteiger partial charge >= 0.3 is 0 Å². The van der Waals surface area contributed by atoms with E-state index in [-0.39, 0.29) is 4.21 Å². The van der Waals surface area contributed by atoms with Crippen LogP contribution in [0.15, 0.2) is 52.4 Å². The van der Waals surface area contributed by atoms with Crippen molar-refractivity contribution in [1.29, 1.82) is 0 Å². The van der Waals surface area contributed by atoms with Crippen LogP contribution >= 0.6 is 11.3 Å². The molecule has 0 aromatic carbocycles. The molecule has 0 aliphatic rings. The van der Waals surface area contributed by atoms with Gasteiger partial charge in [-0.05, 0) is 30.5 Å². The molecule has 0 saturated heterocycles. The summed E-state index contributed by atoms with van der Waals surface area (Å²) in [6.45, 7) is 1.87. The third kappa shape index (κ3) is 2.81. The molecule has 21 heavy (non-hydrogen) atoms. The van der Waals surface area contributed by atoms with E-state index in [9.17, 15) is 8.42 Å². The van der Waals surface area contributed by atoms with Gasteiger partial charge in [0.05, 0.1) is 11.9 Å². The third-order valence-electron chi connectivity index (χ3n) is 2.83. The van der Waals surface area contributed by atoms with E-state index in [2.05, 4.69) is 14.7 Å². The lowest BCUT2D eigenvalue weighted by Crippen LogP contribution is -2.11. The van der Waals surface area contributed by atoms with Crippen LogP contribution in [0.25, 0.3) is 5.82 Å². The van der Waals surface area contributed by atoms with Crippen LogP contribution in [0, 0.1) is 6.92 Å². The van der Waals surface area contributed by atoms with Crippen molar-refractivity contribution in [2.24, 2.45) is 0 Å². The highest BCUT2D eigenvalue weighted by Gasteiger charge is 2.15. The van der Waals surface area contributed by atoms with E-state index in [0.29, 0.717) is 11.5 Å². The van der Waals surface area contributed by atoms with Crippen molar-refractivity contribution in [3.63, 3.8) is 0 Å². The number of hydrogen-bond acceptors (Lipinski definition) is 5. The van der Waals surface area contributed by atoms with Gasteiger partial charge in [0, 0.05) is 12.4 Å². The molecule has 0 aliphatic carbocycles. The van der Waals surface area contributed by atoms with E-state index in [1.807, 2.05) is 11.5 Å². The molecule has 0 amide bonds. The second kappa shape index (κ2) is 5.30. The van der Waals surface area contributed by atoms with Gasteiger partial charge in [0.1, 0.15) is 15.9 Å². The molecule has 6 nitrogen and oxygen atoms in total. The number of anilines is 1. The van der Waals surface area contributed by atoms with E-state index in [1.165, 1.54) is 17.5 Å². The lowest BCUT2D eigenvalue weighted by molar-refractivity contribution is 0.603. The van der Waals surface area contributed by atoms with Crippen molar-refractivity contribution >= 4 is 27.0 Å². The third-order valence-corrected chi connectivity index (χ3v) is 5.61. The van der Waals surface area contributed by atoms with Gasteiger partial charge < -0.3 is 0 Å². The first-order valence-corrected chi connectivity index (χ1v) is 8.45. The zero-order chi connectivity index (χ0) is 14.9. The molecule has 3 aromatic rings. The molecule has 1 N–H and O–H groups in total. The Kier molecular flexibility index (Phi) is 3.48. The molecular formula is C13H12N4O2S2. The highest BCUT2D eigenvalue weighted by atomic mass is 32.2. The smallest absolute Gasteiger partial charge is 0.271 e. The standard InChI is InChI=1S/C13H12N4O2S2/c1-10-14-6-7-17(10)12-5-4-11(9-15-12)16-21(18,19)13-3-2-8-20-13/h2-9,16H,1H3. The fourth-order valence-corrected chi connectivity index (χ4v) is 3.87. The number of rotatable bonds is 4. The van der Waals surface area contributed by atoms with Crippen molar-refractivity contribution in [3.05, 3.63) is 54.1 Å². The SMILES string of the molecule is Cc1nccn1-c1ccc(NS(=O)(=O)c2cccs2)cn1. The van der Waals surface area contributed by atoms with Gasteiger partial charge in [-0.3, -0.25) is 9.29 Å². The Morgan fingerprint density at radius 2 is 2.10 bits per heavy atom. The maximum atomic E-state index is 12.1. The summed E-state index contributed by atoms with van der Waals surface area (Å²) in [6.07, 6.45) is 4.97. The Morgan fingerprint density at radius 1 is 1.24 bits per heavy atom. The zero-order valence-electron chi connectivity index (χ0n) is 11.1. The van der Waals surface area contributed by atoms with Gasteiger partial charge in [-0.25, -0.2) is 18.4 Å². The number of hydrogen-bond donors (Lipinski definition) is 1. The number of imidazole rings is 1. The van der Waals surface area contributed by atoms with Crippen LogP contribution < -0.4 is 4.72 Å². The Hall–Kier alpha value is -2.19. The van der Waals surface area contributed by atoms with E-state index < -0.39 is 10.0 Å². The number of nitrogens with zero attached hydrogens (tertiary/aromatic N) is 3. The first-order chi connectivity index (χ1) is 10.1. The van der Waals surface area contributed by atoms with Crippen molar-refractivity contribution in [1.82, 2.24) is 14.5 Å². The number of aromatic nitrogens is 3. The van der Waals surface area contributed by atoms with E-state index in [4.69, 9.17) is 0 Å². The molecule has 108 valence electrons. The van der Waals surface area contributed by atoms with Gasteiger partial charge in [0.15, 0.2) is 0 Å². The molecule has 0 saturated carbocycles. The van der Waals surface area contributed by atoms with Gasteiger partial charge in [0.2, 0.25) is 0 Å². The minimum atomic E-state index is -3.54. The summed E-state index contributed by atoms with van der Waals surface area (Å²) < 4.78 is 28.8. The molecule has 3 aromatic heterocycles. The molecule has 3 heterocycles. The van der Waals surface area contributed by atoms with Crippen molar-refractivity contribution in [2.45, 2.75) is 11.1 Å². The summed E-state index contributed by atoms with van der Waals surface area (Å²) in [6, 6.07) is 6.67. The molecule has 0 fully saturated rings. The highest BCUT2D eigenvalue weighted by molar-refractivity contribution is 7.94. The van der Waals surface area contributed by atoms with Gasteiger partial charge in [-0.15, -0.1) is 11.3 Å². The molecule has 0 aliphatic heterocycles. The van der Waals surface area contributed by atoms with Gasteiger partial charge in [0.25, 0.3) is 10.0 Å². The maximum absolute atomic E-state index is 12.1.